The fraction of sp³-hybridized carbons (Fsp3) is 0.167. The molecule has 0 spiro atoms. The lowest BCUT2D eigenvalue weighted by Crippen LogP contribution is -2.12. The van der Waals surface area contributed by atoms with Crippen LogP contribution in [0.15, 0.2) is 47.0 Å². The van der Waals surface area contributed by atoms with Gasteiger partial charge in [-0.25, -0.2) is 4.39 Å². The van der Waals surface area contributed by atoms with Crippen LogP contribution in [0.3, 0.4) is 0 Å². The Balaban J connectivity index is 1.76. The molecule has 0 atom stereocenters. The van der Waals surface area contributed by atoms with E-state index in [2.05, 4.69) is 15.5 Å². The molecule has 1 amide bonds. The van der Waals surface area contributed by atoms with Gasteiger partial charge in [-0.1, -0.05) is 24.2 Å². The second kappa shape index (κ2) is 6.62. The molecule has 3 rings (SSSR count). The van der Waals surface area contributed by atoms with E-state index in [4.69, 9.17) is 4.52 Å². The number of nitrogens with zero attached hydrogens (tertiary/aromatic N) is 2. The van der Waals surface area contributed by atoms with Crippen LogP contribution in [0.5, 0.6) is 0 Å². The number of hydrogen-bond donors (Lipinski definition) is 1. The Morgan fingerprint density at radius 1 is 1.21 bits per heavy atom. The number of aryl methyl sites for hydroxylation is 2. The minimum absolute atomic E-state index is 0.265. The highest BCUT2D eigenvalue weighted by Gasteiger charge is 2.11. The Kier molecular flexibility index (Phi) is 4.37. The van der Waals surface area contributed by atoms with Crippen molar-refractivity contribution in [2.24, 2.45) is 0 Å². The Hall–Kier alpha value is -3.02. The zero-order valence-electron chi connectivity index (χ0n) is 13.3. The van der Waals surface area contributed by atoms with Crippen molar-refractivity contribution in [3.05, 3.63) is 65.3 Å². The van der Waals surface area contributed by atoms with Crippen LogP contribution < -0.4 is 5.32 Å². The molecule has 6 heteroatoms. The Morgan fingerprint density at radius 2 is 1.96 bits per heavy atom. The molecule has 1 heterocycles. The molecule has 122 valence electrons. The van der Waals surface area contributed by atoms with Gasteiger partial charge in [0.25, 0.3) is 5.91 Å². The van der Waals surface area contributed by atoms with Crippen molar-refractivity contribution in [2.75, 3.05) is 5.32 Å². The number of carbonyl (C=O) groups is 1. The van der Waals surface area contributed by atoms with E-state index in [1.807, 2.05) is 6.92 Å². The van der Waals surface area contributed by atoms with Gasteiger partial charge in [0.15, 0.2) is 0 Å². The van der Waals surface area contributed by atoms with Gasteiger partial charge in [-0.3, -0.25) is 4.79 Å². The summed E-state index contributed by atoms with van der Waals surface area (Å²) in [6.07, 6.45) is 0.671. The molecule has 0 aliphatic heterocycles. The lowest BCUT2D eigenvalue weighted by atomic mass is 10.1. The molecule has 0 bridgehead atoms. The van der Waals surface area contributed by atoms with Crippen LogP contribution in [-0.2, 0) is 6.42 Å². The molecule has 0 fully saturated rings. The summed E-state index contributed by atoms with van der Waals surface area (Å²) in [4.78, 5) is 16.5. The maximum absolute atomic E-state index is 13.1. The molecule has 1 N–H and O–H groups in total. The average Bonchev–Trinajstić information content (AvgIpc) is 3.06. The number of aromatic nitrogens is 2. The van der Waals surface area contributed by atoms with Crippen molar-refractivity contribution in [3.63, 3.8) is 0 Å². The summed E-state index contributed by atoms with van der Waals surface area (Å²) in [7, 11) is 0. The van der Waals surface area contributed by atoms with Crippen molar-refractivity contribution in [2.45, 2.75) is 20.3 Å². The molecule has 1 aromatic heterocycles. The van der Waals surface area contributed by atoms with E-state index in [1.54, 1.807) is 37.3 Å². The second-order valence-electron chi connectivity index (χ2n) is 5.36. The van der Waals surface area contributed by atoms with Gasteiger partial charge in [0.05, 0.1) is 0 Å². The Labute approximate surface area is 138 Å². The monoisotopic (exact) mass is 325 g/mol. The maximum Gasteiger partial charge on any atom is 0.255 e. The summed E-state index contributed by atoms with van der Waals surface area (Å²) < 4.78 is 18.2. The number of nitrogens with one attached hydrogen (secondary N) is 1. The van der Waals surface area contributed by atoms with E-state index in [0.29, 0.717) is 35.0 Å². The van der Waals surface area contributed by atoms with Crippen LogP contribution >= 0.6 is 0 Å². The van der Waals surface area contributed by atoms with Crippen LogP contribution in [0.4, 0.5) is 10.1 Å². The van der Waals surface area contributed by atoms with Crippen molar-refractivity contribution >= 4 is 11.6 Å². The van der Waals surface area contributed by atoms with E-state index in [9.17, 15) is 9.18 Å². The van der Waals surface area contributed by atoms with E-state index < -0.39 is 0 Å². The number of halogens is 1. The predicted octanol–water partition coefficient (Wildman–Crippen LogP) is 4.00. The normalized spacial score (nSPS) is 10.6. The van der Waals surface area contributed by atoms with Crippen LogP contribution in [0, 0.1) is 12.7 Å². The first-order valence-corrected chi connectivity index (χ1v) is 7.57. The number of hydrogen-bond acceptors (Lipinski definition) is 4. The first-order valence-electron chi connectivity index (χ1n) is 7.57. The van der Waals surface area contributed by atoms with Crippen LogP contribution in [0.2, 0.25) is 0 Å². The molecule has 24 heavy (non-hydrogen) atoms. The number of rotatable bonds is 4. The number of benzene rings is 2. The fourth-order valence-corrected chi connectivity index (χ4v) is 2.25. The standard InChI is InChI=1S/C18H16FN3O2/c1-3-16-21-17(22-24-16)12-4-6-13(7-5-12)18(23)20-15-9-8-14(19)10-11(15)2/h4-10H,3H2,1-2H3,(H,20,23). The molecule has 3 aromatic rings. The average molecular weight is 325 g/mol. The fourth-order valence-electron chi connectivity index (χ4n) is 2.25. The van der Waals surface area contributed by atoms with E-state index >= 15 is 0 Å². The number of anilines is 1. The van der Waals surface area contributed by atoms with Gasteiger partial charge in [-0.05, 0) is 42.8 Å². The van der Waals surface area contributed by atoms with Gasteiger partial charge in [0.2, 0.25) is 11.7 Å². The van der Waals surface area contributed by atoms with Crippen molar-refractivity contribution in [1.82, 2.24) is 10.1 Å². The molecular weight excluding hydrogens is 309 g/mol. The smallest absolute Gasteiger partial charge is 0.255 e. The molecule has 0 radical (unpaired) electrons. The zero-order valence-corrected chi connectivity index (χ0v) is 13.3. The summed E-state index contributed by atoms with van der Waals surface area (Å²) in [6.45, 7) is 3.67. The summed E-state index contributed by atoms with van der Waals surface area (Å²) in [5, 5.41) is 6.67. The summed E-state index contributed by atoms with van der Waals surface area (Å²) >= 11 is 0. The first-order chi connectivity index (χ1) is 11.6. The third-order valence-corrected chi connectivity index (χ3v) is 3.61. The first kappa shape index (κ1) is 15.9. The minimum atomic E-state index is -0.332. The molecule has 0 saturated carbocycles. The highest BCUT2D eigenvalue weighted by atomic mass is 19.1. The number of carbonyl (C=O) groups excluding carboxylic acids is 1. The molecule has 2 aromatic carbocycles. The zero-order chi connectivity index (χ0) is 17.1. The third-order valence-electron chi connectivity index (χ3n) is 3.61. The van der Waals surface area contributed by atoms with Crippen LogP contribution in [0.1, 0.15) is 28.7 Å². The van der Waals surface area contributed by atoms with Crippen molar-refractivity contribution < 1.29 is 13.7 Å². The lowest BCUT2D eigenvalue weighted by Gasteiger charge is -2.08. The van der Waals surface area contributed by atoms with Gasteiger partial charge >= 0.3 is 0 Å². The maximum atomic E-state index is 13.1. The van der Waals surface area contributed by atoms with Gasteiger partial charge in [-0.2, -0.15) is 4.98 Å². The quantitative estimate of drug-likeness (QED) is 0.787. The van der Waals surface area contributed by atoms with E-state index in [1.165, 1.54) is 12.1 Å². The minimum Gasteiger partial charge on any atom is -0.339 e. The summed E-state index contributed by atoms with van der Waals surface area (Å²) in [5.41, 5.74) is 2.50. The molecule has 0 aliphatic carbocycles. The Morgan fingerprint density at radius 3 is 2.58 bits per heavy atom. The van der Waals surface area contributed by atoms with Crippen LogP contribution in [-0.4, -0.2) is 16.0 Å². The van der Waals surface area contributed by atoms with Gasteiger partial charge in [0.1, 0.15) is 5.82 Å². The topological polar surface area (TPSA) is 68.0 Å². The van der Waals surface area contributed by atoms with Crippen LogP contribution in [0.25, 0.3) is 11.4 Å². The SMILES string of the molecule is CCc1nc(-c2ccc(C(=O)Nc3ccc(F)cc3C)cc2)no1. The molecule has 0 aliphatic rings. The van der Waals surface area contributed by atoms with Crippen molar-refractivity contribution in [1.29, 1.82) is 0 Å². The largest absolute Gasteiger partial charge is 0.339 e. The third kappa shape index (κ3) is 3.32. The highest BCUT2D eigenvalue weighted by molar-refractivity contribution is 6.04. The summed E-state index contributed by atoms with van der Waals surface area (Å²) in [5.74, 6) is 0.465. The van der Waals surface area contributed by atoms with E-state index in [-0.39, 0.29) is 11.7 Å². The number of amides is 1. The van der Waals surface area contributed by atoms with Gasteiger partial charge in [0, 0.05) is 23.2 Å². The predicted molar refractivity (Wildman–Crippen MR) is 88.2 cm³/mol. The molecule has 5 nitrogen and oxygen atoms in total. The van der Waals surface area contributed by atoms with Crippen molar-refractivity contribution in [3.8, 4) is 11.4 Å². The molecule has 0 saturated heterocycles. The molecule has 0 unspecified atom stereocenters. The van der Waals surface area contributed by atoms with Gasteiger partial charge in [-0.15, -0.1) is 0 Å². The van der Waals surface area contributed by atoms with E-state index in [0.717, 1.165) is 5.56 Å². The second-order valence-corrected chi connectivity index (χ2v) is 5.36. The summed E-state index contributed by atoms with van der Waals surface area (Å²) in [6, 6.07) is 11.1. The lowest BCUT2D eigenvalue weighted by molar-refractivity contribution is 0.102. The van der Waals surface area contributed by atoms with Gasteiger partial charge < -0.3 is 9.84 Å². The Bertz CT molecular complexity index is 872. The highest BCUT2D eigenvalue weighted by Crippen LogP contribution is 2.19. The molecular formula is C18H16FN3O2.